The molecule has 0 unspecified atom stereocenters. The first-order chi connectivity index (χ1) is 14.0. The Bertz CT molecular complexity index is 681. The summed E-state index contributed by atoms with van der Waals surface area (Å²) in [6.07, 6.45) is 3.12. The number of hydrogen-bond acceptors (Lipinski definition) is 3. The number of benzene rings is 1. The maximum Gasteiger partial charge on any atom is 0.234 e. The third kappa shape index (κ3) is 9.55. The summed E-state index contributed by atoms with van der Waals surface area (Å²) >= 11 is 0. The Morgan fingerprint density at radius 1 is 1.20 bits per heavy atom. The van der Waals surface area contributed by atoms with Crippen molar-refractivity contribution in [3.63, 3.8) is 0 Å². The van der Waals surface area contributed by atoms with Crippen LogP contribution in [0.2, 0.25) is 0 Å². The molecule has 1 heterocycles. The van der Waals surface area contributed by atoms with Crippen molar-refractivity contribution in [1.82, 2.24) is 20.9 Å². The number of carbonyl (C=O) groups excluding carboxylic acids is 1. The number of aliphatic imine (C=N–C) groups is 1. The Balaban J connectivity index is 0.00000450. The lowest BCUT2D eigenvalue weighted by Gasteiger charge is -2.32. The summed E-state index contributed by atoms with van der Waals surface area (Å²) in [6, 6.07) is 3.76. The van der Waals surface area contributed by atoms with Gasteiger partial charge in [0.15, 0.2) is 5.96 Å². The van der Waals surface area contributed by atoms with Crippen LogP contribution in [-0.4, -0.2) is 62.1 Å². The highest BCUT2D eigenvalue weighted by molar-refractivity contribution is 14.0. The lowest BCUT2D eigenvalue weighted by Crippen LogP contribution is -2.50. The molecule has 1 aromatic rings. The Hall–Kier alpha value is -1.49. The van der Waals surface area contributed by atoms with Gasteiger partial charge >= 0.3 is 0 Å². The number of rotatable bonds is 9. The van der Waals surface area contributed by atoms with Crippen molar-refractivity contribution in [3.05, 3.63) is 35.4 Å². The number of nitrogens with zero attached hydrogens (tertiary/aromatic N) is 2. The molecule has 6 nitrogen and oxygen atoms in total. The molecule has 0 aliphatic carbocycles. The molecule has 0 atom stereocenters. The summed E-state index contributed by atoms with van der Waals surface area (Å²) < 4.78 is 27.0. The van der Waals surface area contributed by atoms with Crippen molar-refractivity contribution in [2.75, 3.05) is 39.3 Å². The SMILES string of the molecule is CCCNC(=O)CN1CCC(NC(=NCCc2cc(F)ccc2F)NCC)CC1.I. The number of guanidine groups is 1. The van der Waals surface area contributed by atoms with Crippen molar-refractivity contribution in [2.45, 2.75) is 45.6 Å². The predicted molar refractivity (Wildman–Crippen MR) is 127 cm³/mol. The number of piperidine rings is 1. The van der Waals surface area contributed by atoms with Gasteiger partial charge in [-0.3, -0.25) is 14.7 Å². The van der Waals surface area contributed by atoms with E-state index in [-0.39, 0.29) is 35.9 Å². The lowest BCUT2D eigenvalue weighted by molar-refractivity contribution is -0.122. The average molecular weight is 537 g/mol. The zero-order chi connectivity index (χ0) is 21.1. The van der Waals surface area contributed by atoms with E-state index in [2.05, 4.69) is 25.8 Å². The van der Waals surface area contributed by atoms with E-state index < -0.39 is 11.6 Å². The number of amides is 1. The molecule has 0 bridgehead atoms. The van der Waals surface area contributed by atoms with Crippen molar-refractivity contribution in [3.8, 4) is 0 Å². The molecule has 1 fully saturated rings. The second-order valence-corrected chi connectivity index (χ2v) is 7.29. The molecule has 1 amide bonds. The van der Waals surface area contributed by atoms with Gasteiger partial charge in [0, 0.05) is 38.8 Å². The smallest absolute Gasteiger partial charge is 0.234 e. The summed E-state index contributed by atoms with van der Waals surface area (Å²) in [5, 5.41) is 9.53. The Labute approximate surface area is 195 Å². The van der Waals surface area contributed by atoms with E-state index in [0.717, 1.165) is 57.6 Å². The molecule has 9 heteroatoms. The van der Waals surface area contributed by atoms with Gasteiger partial charge in [0.2, 0.25) is 5.91 Å². The van der Waals surface area contributed by atoms with Crippen LogP contribution >= 0.6 is 24.0 Å². The van der Waals surface area contributed by atoms with E-state index in [1.165, 1.54) is 6.07 Å². The quantitative estimate of drug-likeness (QED) is 0.258. The van der Waals surface area contributed by atoms with Crippen LogP contribution in [0.3, 0.4) is 0 Å². The summed E-state index contributed by atoms with van der Waals surface area (Å²) in [6.45, 7) is 7.98. The van der Waals surface area contributed by atoms with Gasteiger partial charge in [-0.15, -0.1) is 24.0 Å². The van der Waals surface area contributed by atoms with Gasteiger partial charge in [-0.1, -0.05) is 6.92 Å². The molecule has 2 rings (SSSR count). The monoisotopic (exact) mass is 537 g/mol. The Kier molecular flexibility index (Phi) is 12.8. The molecular weight excluding hydrogens is 503 g/mol. The van der Waals surface area contributed by atoms with Crippen LogP contribution in [0.25, 0.3) is 0 Å². The molecule has 0 aromatic heterocycles. The highest BCUT2D eigenvalue weighted by Gasteiger charge is 2.21. The van der Waals surface area contributed by atoms with Gasteiger partial charge in [0.1, 0.15) is 11.6 Å². The molecule has 30 heavy (non-hydrogen) atoms. The van der Waals surface area contributed by atoms with E-state index in [0.29, 0.717) is 31.0 Å². The van der Waals surface area contributed by atoms with Gasteiger partial charge in [0.25, 0.3) is 0 Å². The summed E-state index contributed by atoms with van der Waals surface area (Å²) in [4.78, 5) is 18.5. The fourth-order valence-corrected chi connectivity index (χ4v) is 3.30. The molecule has 3 N–H and O–H groups in total. The first-order valence-electron chi connectivity index (χ1n) is 10.5. The van der Waals surface area contributed by atoms with E-state index in [1.54, 1.807) is 0 Å². The van der Waals surface area contributed by atoms with Crippen LogP contribution in [0.1, 0.15) is 38.7 Å². The van der Waals surface area contributed by atoms with Gasteiger partial charge in [-0.2, -0.15) is 0 Å². The zero-order valence-electron chi connectivity index (χ0n) is 17.8. The van der Waals surface area contributed by atoms with Crippen molar-refractivity contribution >= 4 is 35.8 Å². The predicted octanol–water partition coefficient (Wildman–Crippen LogP) is 2.67. The first kappa shape index (κ1) is 26.5. The molecule has 1 aliphatic heterocycles. The van der Waals surface area contributed by atoms with Crippen LogP contribution in [0.4, 0.5) is 8.78 Å². The van der Waals surface area contributed by atoms with Crippen LogP contribution in [0.15, 0.2) is 23.2 Å². The summed E-state index contributed by atoms with van der Waals surface area (Å²) in [5.41, 5.74) is 0.333. The minimum absolute atomic E-state index is 0. The highest BCUT2D eigenvalue weighted by atomic mass is 127. The van der Waals surface area contributed by atoms with Crippen molar-refractivity contribution in [2.24, 2.45) is 4.99 Å². The molecule has 0 radical (unpaired) electrons. The number of likely N-dealkylation sites (tertiary alicyclic amines) is 1. The van der Waals surface area contributed by atoms with E-state index in [4.69, 9.17) is 0 Å². The molecule has 0 saturated carbocycles. The van der Waals surface area contributed by atoms with Gasteiger partial charge in [-0.05, 0) is 56.4 Å². The maximum atomic E-state index is 13.7. The Morgan fingerprint density at radius 3 is 2.60 bits per heavy atom. The van der Waals surface area contributed by atoms with E-state index in [9.17, 15) is 13.6 Å². The third-order valence-corrected chi connectivity index (χ3v) is 4.87. The molecule has 1 aromatic carbocycles. The average Bonchev–Trinajstić information content (AvgIpc) is 2.70. The lowest BCUT2D eigenvalue weighted by atomic mass is 10.1. The number of hydrogen-bond donors (Lipinski definition) is 3. The standard InChI is InChI=1S/C21H33F2N5O.HI/c1-3-10-25-20(29)15-28-12-8-18(9-13-28)27-21(24-4-2)26-11-7-16-14-17(22)5-6-19(16)23;/h5-6,14,18H,3-4,7-13,15H2,1-2H3,(H,25,29)(H2,24,26,27);1H. The van der Waals surface area contributed by atoms with Gasteiger partial charge in [-0.25, -0.2) is 8.78 Å². The maximum absolute atomic E-state index is 13.7. The van der Waals surface area contributed by atoms with E-state index >= 15 is 0 Å². The number of carbonyl (C=O) groups is 1. The van der Waals surface area contributed by atoms with Gasteiger partial charge in [0.05, 0.1) is 6.54 Å². The van der Waals surface area contributed by atoms with Crippen molar-refractivity contribution < 1.29 is 13.6 Å². The highest BCUT2D eigenvalue weighted by Crippen LogP contribution is 2.11. The number of halogens is 3. The molecule has 170 valence electrons. The van der Waals surface area contributed by atoms with Crippen LogP contribution in [0.5, 0.6) is 0 Å². The first-order valence-corrected chi connectivity index (χ1v) is 10.5. The molecule has 0 spiro atoms. The number of nitrogens with one attached hydrogen (secondary N) is 3. The van der Waals surface area contributed by atoms with Crippen LogP contribution in [-0.2, 0) is 11.2 Å². The summed E-state index contributed by atoms with van der Waals surface area (Å²) in [7, 11) is 0. The van der Waals surface area contributed by atoms with Crippen LogP contribution < -0.4 is 16.0 Å². The fraction of sp³-hybridized carbons (Fsp3) is 0.619. The largest absolute Gasteiger partial charge is 0.357 e. The topological polar surface area (TPSA) is 68.8 Å². The normalized spacial score (nSPS) is 15.4. The van der Waals surface area contributed by atoms with Gasteiger partial charge < -0.3 is 16.0 Å². The van der Waals surface area contributed by atoms with Crippen molar-refractivity contribution in [1.29, 1.82) is 0 Å². The Morgan fingerprint density at radius 2 is 1.93 bits per heavy atom. The molecular formula is C21H34F2IN5O. The van der Waals surface area contributed by atoms with E-state index in [1.807, 2.05) is 13.8 Å². The second-order valence-electron chi connectivity index (χ2n) is 7.29. The third-order valence-electron chi connectivity index (χ3n) is 4.87. The summed E-state index contributed by atoms with van der Waals surface area (Å²) in [5.74, 6) is -0.0818. The molecule has 1 aliphatic rings. The minimum atomic E-state index is -0.439. The fourth-order valence-electron chi connectivity index (χ4n) is 3.30. The van der Waals surface area contributed by atoms with Crippen LogP contribution in [0, 0.1) is 11.6 Å². The molecule has 1 saturated heterocycles. The second kappa shape index (κ2) is 14.5. The zero-order valence-corrected chi connectivity index (χ0v) is 20.2. The minimum Gasteiger partial charge on any atom is -0.357 e.